The minimum atomic E-state index is -1.16. The van der Waals surface area contributed by atoms with Crippen LogP contribution in [-0.4, -0.2) is 69.1 Å². The molecule has 0 fully saturated rings. The van der Waals surface area contributed by atoms with Crippen LogP contribution in [0.15, 0.2) is 73.2 Å². The molecule has 282 valence electrons. The average Bonchev–Trinajstić information content (AvgIpc) is 3.53. The van der Waals surface area contributed by atoms with Crippen molar-refractivity contribution in [1.29, 1.82) is 0 Å². The summed E-state index contributed by atoms with van der Waals surface area (Å²) in [6.07, 6.45) is 2.70. The summed E-state index contributed by atoms with van der Waals surface area (Å²) in [7, 11) is 0. The Balaban J connectivity index is 1.61. The molecule has 4 atom stereocenters. The number of benzene rings is 2. The van der Waals surface area contributed by atoms with E-state index in [9.17, 15) is 24.0 Å². The second kappa shape index (κ2) is 20.0. The van der Waals surface area contributed by atoms with E-state index in [1.165, 1.54) is 13.8 Å². The molecule has 14 nitrogen and oxygen atoms in total. The number of aromatic nitrogens is 2. The molecule has 0 saturated heterocycles. The van der Waals surface area contributed by atoms with Gasteiger partial charge >= 0.3 is 12.1 Å². The lowest BCUT2D eigenvalue weighted by Gasteiger charge is -2.26. The van der Waals surface area contributed by atoms with Crippen LogP contribution in [0.1, 0.15) is 71.7 Å². The summed E-state index contributed by atoms with van der Waals surface area (Å²) in [5.74, 6) is -2.49. The molecule has 1 heterocycles. The highest BCUT2D eigenvalue weighted by Crippen LogP contribution is 2.11. The molecule has 0 aliphatic carbocycles. The molecule has 0 aliphatic heterocycles. The Morgan fingerprint density at radius 2 is 1.31 bits per heavy atom. The number of nitrogens with one attached hydrogen (secondary N) is 4. The number of ether oxygens (including phenoxy) is 3. The van der Waals surface area contributed by atoms with Crippen LogP contribution in [0.2, 0.25) is 0 Å². The van der Waals surface area contributed by atoms with Gasteiger partial charge in [0.1, 0.15) is 43.1 Å². The number of esters is 1. The van der Waals surface area contributed by atoms with Crippen LogP contribution in [0.3, 0.4) is 0 Å². The van der Waals surface area contributed by atoms with E-state index in [1.807, 2.05) is 74.5 Å². The Bertz CT molecular complexity index is 1610. The summed E-state index contributed by atoms with van der Waals surface area (Å²) in [4.78, 5) is 69.7. The first-order chi connectivity index (χ1) is 24.6. The summed E-state index contributed by atoms with van der Waals surface area (Å²) in [6.45, 7) is 12.5. The maximum absolute atomic E-state index is 13.5. The standard InChI is InChI=1S/C38H52N6O8/c1-25(2)18-31(34(46)41-27(4)36(48)51-22-29-16-12-9-13-17-29)42-33(45)26(3)40-35(47)32(43-37(49)52-38(5,6)7)19-30-20-44(23-39-30)24-50-21-28-14-10-8-11-15-28/h8-17,20,23,25-27,31-32H,18-19,21-22,24H2,1-7H3,(H,40,47)(H,41,46)(H,42,45)(H,43,49)/t26-,27-,31+,32+/m1/s1. The second-order valence-electron chi connectivity index (χ2n) is 14.0. The van der Waals surface area contributed by atoms with E-state index in [0.29, 0.717) is 12.3 Å². The van der Waals surface area contributed by atoms with Gasteiger partial charge in [-0.05, 0) is 58.1 Å². The van der Waals surface area contributed by atoms with Crippen LogP contribution < -0.4 is 21.3 Å². The normalized spacial score (nSPS) is 13.6. The Hall–Kier alpha value is -5.24. The maximum atomic E-state index is 13.5. The molecular weight excluding hydrogens is 668 g/mol. The fraction of sp³-hybridized carbons (Fsp3) is 0.474. The molecule has 0 bridgehead atoms. The number of rotatable bonds is 18. The van der Waals surface area contributed by atoms with Gasteiger partial charge in [-0.15, -0.1) is 0 Å². The molecule has 4 N–H and O–H groups in total. The molecule has 0 saturated carbocycles. The number of nitrogens with zero attached hydrogens (tertiary/aromatic N) is 2. The molecule has 0 unspecified atom stereocenters. The lowest BCUT2D eigenvalue weighted by Crippen LogP contribution is -2.57. The van der Waals surface area contributed by atoms with E-state index >= 15 is 0 Å². The average molecular weight is 721 g/mol. The van der Waals surface area contributed by atoms with Gasteiger partial charge in [-0.25, -0.2) is 14.6 Å². The Labute approximate surface area is 305 Å². The van der Waals surface area contributed by atoms with Crippen LogP contribution >= 0.6 is 0 Å². The topological polar surface area (TPSA) is 179 Å². The predicted octanol–water partition coefficient (Wildman–Crippen LogP) is 3.78. The minimum absolute atomic E-state index is 0.00670. The first-order valence-electron chi connectivity index (χ1n) is 17.3. The number of carbonyl (C=O) groups is 5. The van der Waals surface area contributed by atoms with Crippen LogP contribution in [0.25, 0.3) is 0 Å². The molecule has 1 aromatic heterocycles. The molecule has 0 radical (unpaired) electrons. The number of carbonyl (C=O) groups excluding carboxylic acids is 5. The van der Waals surface area contributed by atoms with E-state index in [-0.39, 0.29) is 32.1 Å². The fourth-order valence-electron chi connectivity index (χ4n) is 4.90. The summed E-state index contributed by atoms with van der Waals surface area (Å²) in [5.41, 5.74) is 1.49. The van der Waals surface area contributed by atoms with Crippen molar-refractivity contribution < 1.29 is 38.2 Å². The van der Waals surface area contributed by atoms with Gasteiger partial charge in [0.25, 0.3) is 0 Å². The molecule has 52 heavy (non-hydrogen) atoms. The largest absolute Gasteiger partial charge is 0.459 e. The smallest absolute Gasteiger partial charge is 0.408 e. The molecule has 3 rings (SSSR count). The Morgan fingerprint density at radius 1 is 0.731 bits per heavy atom. The van der Waals surface area contributed by atoms with Crippen molar-refractivity contribution >= 4 is 29.8 Å². The molecule has 3 aromatic rings. The first kappa shape index (κ1) is 41.2. The van der Waals surface area contributed by atoms with Crippen LogP contribution in [0.4, 0.5) is 4.79 Å². The van der Waals surface area contributed by atoms with E-state index in [4.69, 9.17) is 14.2 Å². The van der Waals surface area contributed by atoms with Gasteiger partial charge in [0, 0.05) is 12.6 Å². The van der Waals surface area contributed by atoms with Crippen molar-refractivity contribution in [2.75, 3.05) is 0 Å². The molecule has 0 spiro atoms. The zero-order chi connectivity index (χ0) is 38.3. The van der Waals surface area contributed by atoms with Crippen molar-refractivity contribution in [2.45, 2.75) is 111 Å². The Morgan fingerprint density at radius 3 is 1.90 bits per heavy atom. The van der Waals surface area contributed by atoms with Crippen LogP contribution in [0.5, 0.6) is 0 Å². The van der Waals surface area contributed by atoms with E-state index < -0.39 is 59.6 Å². The van der Waals surface area contributed by atoms with Crippen LogP contribution in [-0.2, 0) is 59.8 Å². The number of amides is 4. The van der Waals surface area contributed by atoms with Crippen molar-refractivity contribution in [3.05, 3.63) is 90.0 Å². The molecule has 2 aromatic carbocycles. The second-order valence-corrected chi connectivity index (χ2v) is 14.0. The van der Waals surface area contributed by atoms with E-state index in [2.05, 4.69) is 26.3 Å². The van der Waals surface area contributed by atoms with E-state index in [1.54, 1.807) is 37.9 Å². The van der Waals surface area contributed by atoms with Gasteiger partial charge in [0.2, 0.25) is 17.7 Å². The summed E-state index contributed by atoms with van der Waals surface area (Å²) in [6, 6.07) is 14.6. The van der Waals surface area contributed by atoms with Crippen LogP contribution in [0, 0.1) is 5.92 Å². The van der Waals surface area contributed by atoms with Crippen molar-refractivity contribution in [2.24, 2.45) is 5.92 Å². The quantitative estimate of drug-likeness (QED) is 0.142. The molecular formula is C38H52N6O8. The van der Waals surface area contributed by atoms with Crippen molar-refractivity contribution in [3.63, 3.8) is 0 Å². The number of hydrogen-bond acceptors (Lipinski definition) is 9. The number of imidazole rings is 1. The monoisotopic (exact) mass is 720 g/mol. The first-order valence-corrected chi connectivity index (χ1v) is 17.3. The third-order valence-corrected chi connectivity index (χ3v) is 7.49. The lowest BCUT2D eigenvalue weighted by molar-refractivity contribution is -0.148. The SMILES string of the molecule is CC(C)C[C@H](NC(=O)[C@@H](C)NC(=O)[C@H](Cc1cn(COCc2ccccc2)cn1)NC(=O)OC(C)(C)C)C(=O)N[C@H](C)C(=O)OCc1ccccc1. The van der Waals surface area contributed by atoms with Gasteiger partial charge in [-0.2, -0.15) is 0 Å². The van der Waals surface area contributed by atoms with Gasteiger partial charge in [-0.3, -0.25) is 14.4 Å². The highest BCUT2D eigenvalue weighted by molar-refractivity contribution is 5.94. The third kappa shape index (κ3) is 14.9. The fourth-order valence-corrected chi connectivity index (χ4v) is 4.90. The molecule has 14 heteroatoms. The summed E-state index contributed by atoms with van der Waals surface area (Å²) in [5, 5.41) is 10.5. The van der Waals surface area contributed by atoms with Gasteiger partial charge in [0.15, 0.2) is 0 Å². The van der Waals surface area contributed by atoms with Gasteiger partial charge in [0.05, 0.1) is 18.6 Å². The van der Waals surface area contributed by atoms with Gasteiger partial charge < -0.3 is 40.0 Å². The van der Waals surface area contributed by atoms with Gasteiger partial charge in [-0.1, -0.05) is 74.5 Å². The van der Waals surface area contributed by atoms with E-state index in [0.717, 1.165) is 11.1 Å². The van der Waals surface area contributed by atoms with Crippen molar-refractivity contribution in [1.82, 2.24) is 30.8 Å². The Kier molecular flexibility index (Phi) is 15.8. The summed E-state index contributed by atoms with van der Waals surface area (Å²) < 4.78 is 18.2. The highest BCUT2D eigenvalue weighted by Gasteiger charge is 2.31. The maximum Gasteiger partial charge on any atom is 0.408 e. The zero-order valence-corrected chi connectivity index (χ0v) is 31.0. The lowest BCUT2D eigenvalue weighted by atomic mass is 10.0. The zero-order valence-electron chi connectivity index (χ0n) is 31.0. The molecule has 4 amide bonds. The third-order valence-electron chi connectivity index (χ3n) is 7.49. The molecule has 0 aliphatic rings. The highest BCUT2D eigenvalue weighted by atomic mass is 16.6. The summed E-state index contributed by atoms with van der Waals surface area (Å²) >= 11 is 0. The number of hydrogen-bond donors (Lipinski definition) is 4. The minimum Gasteiger partial charge on any atom is -0.459 e. The number of alkyl carbamates (subject to hydrolysis) is 1. The van der Waals surface area contributed by atoms with Crippen molar-refractivity contribution in [3.8, 4) is 0 Å². The predicted molar refractivity (Wildman–Crippen MR) is 193 cm³/mol.